The van der Waals surface area contributed by atoms with Gasteiger partial charge in [-0.1, -0.05) is 0 Å². The van der Waals surface area contributed by atoms with Gasteiger partial charge >= 0.3 is 0 Å². The Balaban J connectivity index is 3.76. The molecule has 0 bridgehead atoms. The van der Waals surface area contributed by atoms with Gasteiger partial charge in [0.15, 0.2) is 6.29 Å². The molecule has 0 aliphatic heterocycles. The van der Waals surface area contributed by atoms with Gasteiger partial charge in [0, 0.05) is 21.3 Å². The van der Waals surface area contributed by atoms with Gasteiger partial charge in [0.05, 0.1) is 12.6 Å². The second kappa shape index (κ2) is 6.54. The van der Waals surface area contributed by atoms with Crippen LogP contribution in [0.1, 0.15) is 0 Å². The fourth-order valence-electron chi connectivity index (χ4n) is 0.902. The van der Waals surface area contributed by atoms with Gasteiger partial charge in [-0.15, -0.1) is 0 Å². The molecule has 1 atom stereocenters. The molecule has 4 heteroatoms. The first-order valence-corrected chi connectivity index (χ1v) is 3.52. The quantitative estimate of drug-likeness (QED) is 0.552. The minimum Gasteiger partial charge on any atom is -0.383 e. The summed E-state index contributed by atoms with van der Waals surface area (Å²) in [7, 11) is 6.70. The SMILES string of the molecule is CN[C@@H](COC)C(OC)OC. The van der Waals surface area contributed by atoms with Crippen molar-refractivity contribution in [2.45, 2.75) is 12.3 Å². The summed E-state index contributed by atoms with van der Waals surface area (Å²) < 4.78 is 15.0. The van der Waals surface area contributed by atoms with Crippen molar-refractivity contribution in [2.24, 2.45) is 0 Å². The molecule has 4 nitrogen and oxygen atoms in total. The van der Waals surface area contributed by atoms with Gasteiger partial charge < -0.3 is 19.5 Å². The summed E-state index contributed by atoms with van der Waals surface area (Å²) in [5, 5.41) is 3.03. The molecule has 11 heavy (non-hydrogen) atoms. The Labute approximate surface area is 67.8 Å². The van der Waals surface area contributed by atoms with Crippen molar-refractivity contribution < 1.29 is 14.2 Å². The monoisotopic (exact) mass is 163 g/mol. The lowest BCUT2D eigenvalue weighted by molar-refractivity contribution is -0.131. The number of likely N-dealkylation sites (N-methyl/N-ethyl adjacent to an activating group) is 1. The zero-order valence-electron chi connectivity index (χ0n) is 7.59. The highest BCUT2D eigenvalue weighted by Gasteiger charge is 2.17. The standard InChI is InChI=1S/C7H17NO3/c1-8-6(5-9-2)7(10-3)11-4/h6-8H,5H2,1-4H3/t6-/m0/s1. The van der Waals surface area contributed by atoms with E-state index in [0.29, 0.717) is 6.61 Å². The van der Waals surface area contributed by atoms with E-state index in [4.69, 9.17) is 14.2 Å². The number of ether oxygens (including phenoxy) is 3. The maximum atomic E-state index is 5.04. The summed E-state index contributed by atoms with van der Waals surface area (Å²) in [6.07, 6.45) is -0.250. The molecule has 0 unspecified atom stereocenters. The molecule has 68 valence electrons. The third kappa shape index (κ3) is 3.67. The summed E-state index contributed by atoms with van der Waals surface area (Å²) in [6.45, 7) is 0.572. The fourth-order valence-corrected chi connectivity index (χ4v) is 0.902. The summed E-state index contributed by atoms with van der Waals surface area (Å²) in [4.78, 5) is 0. The van der Waals surface area contributed by atoms with Crippen LogP contribution >= 0.6 is 0 Å². The molecule has 0 fully saturated rings. The first kappa shape index (κ1) is 10.8. The second-order valence-corrected chi connectivity index (χ2v) is 2.19. The molecule has 0 aromatic carbocycles. The van der Waals surface area contributed by atoms with Crippen LogP contribution in [-0.4, -0.2) is 47.3 Å². The fraction of sp³-hybridized carbons (Fsp3) is 1.00. The number of nitrogens with one attached hydrogen (secondary N) is 1. The van der Waals surface area contributed by atoms with Gasteiger partial charge in [-0.25, -0.2) is 0 Å². The molecule has 0 rings (SSSR count). The zero-order chi connectivity index (χ0) is 8.69. The highest BCUT2D eigenvalue weighted by molar-refractivity contribution is 4.66. The Morgan fingerprint density at radius 1 is 1.18 bits per heavy atom. The number of hydrogen-bond acceptors (Lipinski definition) is 4. The molecular formula is C7H17NO3. The molecule has 0 aromatic rings. The van der Waals surface area contributed by atoms with Crippen molar-refractivity contribution in [2.75, 3.05) is 35.0 Å². The molecule has 0 radical (unpaired) electrons. The Hall–Kier alpha value is -0.160. The van der Waals surface area contributed by atoms with E-state index in [1.165, 1.54) is 0 Å². The van der Waals surface area contributed by atoms with E-state index >= 15 is 0 Å². The third-order valence-corrected chi connectivity index (χ3v) is 1.51. The van der Waals surface area contributed by atoms with Gasteiger partial charge in [-0.3, -0.25) is 0 Å². The maximum absolute atomic E-state index is 5.04. The summed E-state index contributed by atoms with van der Waals surface area (Å²) >= 11 is 0. The Morgan fingerprint density at radius 2 is 1.73 bits per heavy atom. The maximum Gasteiger partial charge on any atom is 0.174 e. The van der Waals surface area contributed by atoms with Crippen LogP contribution in [0.5, 0.6) is 0 Å². The zero-order valence-corrected chi connectivity index (χ0v) is 7.59. The van der Waals surface area contributed by atoms with Gasteiger partial charge in [0.25, 0.3) is 0 Å². The van der Waals surface area contributed by atoms with E-state index in [1.807, 2.05) is 7.05 Å². The second-order valence-electron chi connectivity index (χ2n) is 2.19. The van der Waals surface area contributed by atoms with Crippen LogP contribution in [-0.2, 0) is 14.2 Å². The topological polar surface area (TPSA) is 39.7 Å². The van der Waals surface area contributed by atoms with E-state index in [-0.39, 0.29) is 12.3 Å². The van der Waals surface area contributed by atoms with Crippen LogP contribution in [0, 0.1) is 0 Å². The predicted octanol–water partition coefficient (Wildman–Crippen LogP) is -0.160. The summed E-state index contributed by atoms with van der Waals surface area (Å²) in [6, 6.07) is 0.0787. The first-order valence-electron chi connectivity index (χ1n) is 3.52. The van der Waals surface area contributed by atoms with E-state index in [0.717, 1.165) is 0 Å². The highest BCUT2D eigenvalue weighted by atomic mass is 16.7. The van der Waals surface area contributed by atoms with E-state index < -0.39 is 0 Å². The Kier molecular flexibility index (Phi) is 6.45. The highest BCUT2D eigenvalue weighted by Crippen LogP contribution is 1.98. The number of rotatable bonds is 6. The lowest BCUT2D eigenvalue weighted by Crippen LogP contribution is -2.43. The third-order valence-electron chi connectivity index (χ3n) is 1.51. The number of hydrogen-bond donors (Lipinski definition) is 1. The van der Waals surface area contributed by atoms with E-state index in [1.54, 1.807) is 21.3 Å². The summed E-state index contributed by atoms with van der Waals surface area (Å²) in [5.74, 6) is 0. The first-order chi connectivity index (χ1) is 5.29. The minimum atomic E-state index is -0.250. The van der Waals surface area contributed by atoms with Gasteiger partial charge in [-0.2, -0.15) is 0 Å². The van der Waals surface area contributed by atoms with E-state index in [9.17, 15) is 0 Å². The van der Waals surface area contributed by atoms with Crippen molar-refractivity contribution >= 4 is 0 Å². The Morgan fingerprint density at radius 3 is 2.00 bits per heavy atom. The lowest BCUT2D eigenvalue weighted by Gasteiger charge is -2.23. The lowest BCUT2D eigenvalue weighted by atomic mass is 10.3. The van der Waals surface area contributed by atoms with Crippen LogP contribution in [0.2, 0.25) is 0 Å². The molecule has 0 saturated heterocycles. The molecule has 0 heterocycles. The number of methoxy groups -OCH3 is 3. The van der Waals surface area contributed by atoms with Crippen molar-refractivity contribution in [3.8, 4) is 0 Å². The van der Waals surface area contributed by atoms with Crippen LogP contribution in [0.4, 0.5) is 0 Å². The van der Waals surface area contributed by atoms with E-state index in [2.05, 4.69) is 5.32 Å². The van der Waals surface area contributed by atoms with Crippen molar-refractivity contribution in [3.05, 3.63) is 0 Å². The minimum absolute atomic E-state index is 0.0787. The van der Waals surface area contributed by atoms with Crippen LogP contribution < -0.4 is 5.32 Å². The molecule has 1 N–H and O–H groups in total. The van der Waals surface area contributed by atoms with Crippen LogP contribution in [0.15, 0.2) is 0 Å². The smallest absolute Gasteiger partial charge is 0.174 e. The van der Waals surface area contributed by atoms with Gasteiger partial charge in [0.2, 0.25) is 0 Å². The van der Waals surface area contributed by atoms with Crippen molar-refractivity contribution in [1.29, 1.82) is 0 Å². The molecule has 0 amide bonds. The largest absolute Gasteiger partial charge is 0.383 e. The summed E-state index contributed by atoms with van der Waals surface area (Å²) in [5.41, 5.74) is 0. The van der Waals surface area contributed by atoms with Crippen LogP contribution in [0.25, 0.3) is 0 Å². The van der Waals surface area contributed by atoms with Crippen molar-refractivity contribution in [1.82, 2.24) is 5.32 Å². The molecule has 0 aliphatic rings. The molecule has 0 spiro atoms. The predicted molar refractivity (Wildman–Crippen MR) is 42.5 cm³/mol. The Bertz CT molecular complexity index is 85.8. The van der Waals surface area contributed by atoms with Crippen LogP contribution in [0.3, 0.4) is 0 Å². The van der Waals surface area contributed by atoms with Gasteiger partial charge in [0.1, 0.15) is 0 Å². The molecule has 0 saturated carbocycles. The molecular weight excluding hydrogens is 146 g/mol. The van der Waals surface area contributed by atoms with Crippen molar-refractivity contribution in [3.63, 3.8) is 0 Å². The normalized spacial score (nSPS) is 13.9. The molecule has 0 aromatic heterocycles. The average molecular weight is 163 g/mol. The average Bonchev–Trinajstić information content (AvgIpc) is 2.05. The molecule has 0 aliphatic carbocycles. The van der Waals surface area contributed by atoms with Gasteiger partial charge in [-0.05, 0) is 7.05 Å².